The average Bonchev–Trinajstić information content (AvgIpc) is 3.19. The molecule has 3 atom stereocenters. The summed E-state index contributed by atoms with van der Waals surface area (Å²) < 4.78 is 30.7. The molecular weight excluding hydrogens is 299 g/mol. The van der Waals surface area contributed by atoms with Crippen molar-refractivity contribution in [2.75, 3.05) is 13.2 Å². The van der Waals surface area contributed by atoms with Crippen LogP contribution in [0.1, 0.15) is 18.4 Å². The summed E-state index contributed by atoms with van der Waals surface area (Å²) in [7, 11) is 0. The number of fused-ring (bicyclic) bond motifs is 1. The molecule has 2 aliphatic rings. The van der Waals surface area contributed by atoms with Crippen LogP contribution in [0.4, 0.5) is 4.39 Å². The SMILES string of the molecule is Fc1cccnc1O[C@@H]1CN(Cc2ccoc2)[C@H]2CCCO[C@@H]12. The van der Waals surface area contributed by atoms with Crippen molar-refractivity contribution < 1.29 is 18.3 Å². The van der Waals surface area contributed by atoms with Crippen LogP contribution in [0.2, 0.25) is 0 Å². The minimum Gasteiger partial charge on any atom is -0.472 e. The van der Waals surface area contributed by atoms with E-state index in [-0.39, 0.29) is 24.1 Å². The van der Waals surface area contributed by atoms with Gasteiger partial charge in [-0.3, -0.25) is 4.90 Å². The van der Waals surface area contributed by atoms with E-state index in [4.69, 9.17) is 13.9 Å². The molecule has 0 amide bonds. The zero-order chi connectivity index (χ0) is 15.6. The highest BCUT2D eigenvalue weighted by Gasteiger charge is 2.45. The lowest BCUT2D eigenvalue weighted by Crippen LogP contribution is -2.42. The number of furan rings is 1. The molecule has 0 bridgehead atoms. The molecule has 0 unspecified atom stereocenters. The summed E-state index contributed by atoms with van der Waals surface area (Å²) in [6.45, 7) is 2.20. The van der Waals surface area contributed by atoms with Crippen molar-refractivity contribution in [2.24, 2.45) is 0 Å². The van der Waals surface area contributed by atoms with Crippen molar-refractivity contribution in [3.05, 3.63) is 48.3 Å². The van der Waals surface area contributed by atoms with E-state index in [9.17, 15) is 4.39 Å². The fourth-order valence-electron chi connectivity index (χ4n) is 3.51. The predicted molar refractivity (Wildman–Crippen MR) is 80.5 cm³/mol. The Labute approximate surface area is 134 Å². The first-order chi connectivity index (χ1) is 11.3. The third-order valence-corrected chi connectivity index (χ3v) is 4.54. The Bertz CT molecular complexity index is 649. The first kappa shape index (κ1) is 14.7. The molecule has 2 aromatic rings. The standard InChI is InChI=1S/C17H19FN2O3/c18-13-3-1-6-19-17(13)23-15-10-20(9-12-5-8-21-11-12)14-4-2-7-22-16(14)15/h1,3,5-6,8,11,14-16H,2,4,7,9-10H2/t14-,15+,16+/m0/s1. The summed E-state index contributed by atoms with van der Waals surface area (Å²) in [4.78, 5) is 6.33. The van der Waals surface area contributed by atoms with Gasteiger partial charge in [0, 0.05) is 37.5 Å². The molecule has 0 spiro atoms. The molecule has 4 heterocycles. The number of hydrogen-bond donors (Lipinski definition) is 0. The van der Waals surface area contributed by atoms with Crippen LogP contribution in [0.5, 0.6) is 5.88 Å². The average molecular weight is 318 g/mol. The second-order valence-corrected chi connectivity index (χ2v) is 6.05. The number of pyridine rings is 1. The molecule has 2 aromatic heterocycles. The first-order valence-corrected chi connectivity index (χ1v) is 7.95. The minimum atomic E-state index is -0.437. The third-order valence-electron chi connectivity index (χ3n) is 4.54. The van der Waals surface area contributed by atoms with Crippen molar-refractivity contribution in [3.8, 4) is 5.88 Å². The maximum atomic E-state index is 13.8. The Kier molecular flexibility index (Phi) is 4.01. The number of halogens is 1. The topological polar surface area (TPSA) is 47.7 Å². The highest BCUT2D eigenvalue weighted by Crippen LogP contribution is 2.32. The van der Waals surface area contributed by atoms with Gasteiger partial charge in [-0.15, -0.1) is 0 Å². The van der Waals surface area contributed by atoms with Gasteiger partial charge in [0.25, 0.3) is 5.88 Å². The molecule has 0 aromatic carbocycles. The molecule has 0 N–H and O–H groups in total. The molecule has 0 saturated carbocycles. The lowest BCUT2D eigenvalue weighted by atomic mass is 10.0. The van der Waals surface area contributed by atoms with Gasteiger partial charge in [-0.05, 0) is 31.0 Å². The maximum absolute atomic E-state index is 13.8. The van der Waals surface area contributed by atoms with Crippen molar-refractivity contribution >= 4 is 0 Å². The summed E-state index contributed by atoms with van der Waals surface area (Å²) in [6, 6.07) is 5.17. The smallest absolute Gasteiger partial charge is 0.250 e. The monoisotopic (exact) mass is 318 g/mol. The molecule has 6 heteroatoms. The van der Waals surface area contributed by atoms with Gasteiger partial charge in [-0.25, -0.2) is 9.37 Å². The van der Waals surface area contributed by atoms with Crippen molar-refractivity contribution in [2.45, 2.75) is 37.6 Å². The fourth-order valence-corrected chi connectivity index (χ4v) is 3.51. The molecule has 23 heavy (non-hydrogen) atoms. The van der Waals surface area contributed by atoms with Crippen LogP contribution in [-0.4, -0.2) is 41.3 Å². The summed E-state index contributed by atoms with van der Waals surface area (Å²) in [5.41, 5.74) is 1.12. The molecule has 4 rings (SSSR count). The maximum Gasteiger partial charge on any atom is 0.250 e. The zero-order valence-electron chi connectivity index (χ0n) is 12.7. The van der Waals surface area contributed by atoms with E-state index in [1.165, 1.54) is 12.3 Å². The Hall–Kier alpha value is -1.92. The Morgan fingerprint density at radius 2 is 2.35 bits per heavy atom. The molecule has 2 aliphatic heterocycles. The van der Waals surface area contributed by atoms with Crippen LogP contribution in [0.15, 0.2) is 41.3 Å². The van der Waals surface area contributed by atoms with Gasteiger partial charge < -0.3 is 13.9 Å². The van der Waals surface area contributed by atoms with Gasteiger partial charge in [0.15, 0.2) is 5.82 Å². The number of rotatable bonds is 4. The number of nitrogens with zero attached hydrogens (tertiary/aromatic N) is 2. The largest absolute Gasteiger partial charge is 0.472 e. The van der Waals surface area contributed by atoms with E-state index in [1.807, 2.05) is 6.07 Å². The second-order valence-electron chi connectivity index (χ2n) is 6.05. The Balaban J connectivity index is 1.52. The molecular formula is C17H19FN2O3. The number of likely N-dealkylation sites (tertiary alicyclic amines) is 1. The lowest BCUT2D eigenvalue weighted by Gasteiger charge is -2.32. The molecule has 2 saturated heterocycles. The number of aromatic nitrogens is 1. The highest BCUT2D eigenvalue weighted by molar-refractivity contribution is 5.15. The van der Waals surface area contributed by atoms with E-state index in [2.05, 4.69) is 9.88 Å². The van der Waals surface area contributed by atoms with Crippen LogP contribution in [0.25, 0.3) is 0 Å². The van der Waals surface area contributed by atoms with E-state index in [0.29, 0.717) is 6.54 Å². The number of hydrogen-bond acceptors (Lipinski definition) is 5. The van der Waals surface area contributed by atoms with Gasteiger partial charge >= 0.3 is 0 Å². The van der Waals surface area contributed by atoms with Gasteiger partial charge in [0.1, 0.15) is 12.2 Å². The summed E-state index contributed by atoms with van der Waals surface area (Å²) >= 11 is 0. The quantitative estimate of drug-likeness (QED) is 0.867. The molecule has 0 aliphatic carbocycles. The fraction of sp³-hybridized carbons (Fsp3) is 0.471. The molecule has 0 radical (unpaired) electrons. The number of ether oxygens (including phenoxy) is 2. The first-order valence-electron chi connectivity index (χ1n) is 7.95. The van der Waals surface area contributed by atoms with Crippen LogP contribution in [-0.2, 0) is 11.3 Å². The second kappa shape index (κ2) is 6.29. The van der Waals surface area contributed by atoms with Crippen molar-refractivity contribution in [1.29, 1.82) is 0 Å². The van der Waals surface area contributed by atoms with Crippen LogP contribution in [0.3, 0.4) is 0 Å². The zero-order valence-corrected chi connectivity index (χ0v) is 12.7. The molecule has 122 valence electrons. The van der Waals surface area contributed by atoms with E-state index in [1.54, 1.807) is 18.6 Å². The van der Waals surface area contributed by atoms with Gasteiger partial charge in [0.2, 0.25) is 0 Å². The lowest BCUT2D eigenvalue weighted by molar-refractivity contribution is -0.0486. The van der Waals surface area contributed by atoms with Gasteiger partial charge in [-0.1, -0.05) is 0 Å². The van der Waals surface area contributed by atoms with Gasteiger partial charge in [0.05, 0.1) is 12.5 Å². The summed E-state index contributed by atoms with van der Waals surface area (Å²) in [5, 5.41) is 0. The van der Waals surface area contributed by atoms with E-state index in [0.717, 1.165) is 31.6 Å². The third kappa shape index (κ3) is 2.96. The van der Waals surface area contributed by atoms with E-state index >= 15 is 0 Å². The van der Waals surface area contributed by atoms with Crippen LogP contribution >= 0.6 is 0 Å². The Morgan fingerprint density at radius 1 is 1.39 bits per heavy atom. The van der Waals surface area contributed by atoms with E-state index < -0.39 is 5.82 Å². The minimum absolute atomic E-state index is 0.0444. The van der Waals surface area contributed by atoms with Crippen LogP contribution < -0.4 is 4.74 Å². The molecule has 5 nitrogen and oxygen atoms in total. The van der Waals surface area contributed by atoms with Crippen molar-refractivity contribution in [3.63, 3.8) is 0 Å². The van der Waals surface area contributed by atoms with Crippen molar-refractivity contribution in [1.82, 2.24) is 9.88 Å². The Morgan fingerprint density at radius 3 is 3.17 bits per heavy atom. The molecule has 2 fully saturated rings. The summed E-state index contributed by atoms with van der Waals surface area (Å²) in [6.07, 6.45) is 6.81. The van der Waals surface area contributed by atoms with Crippen LogP contribution in [0, 0.1) is 5.82 Å². The van der Waals surface area contributed by atoms with Gasteiger partial charge in [-0.2, -0.15) is 0 Å². The normalized spacial score (nSPS) is 27.8. The summed E-state index contributed by atoms with van der Waals surface area (Å²) in [5.74, 6) is -0.385. The predicted octanol–water partition coefficient (Wildman–Crippen LogP) is 2.62. The highest BCUT2D eigenvalue weighted by atomic mass is 19.1.